The van der Waals surface area contributed by atoms with Crippen molar-refractivity contribution >= 4 is 21.8 Å². The van der Waals surface area contributed by atoms with Crippen molar-refractivity contribution in [1.29, 1.82) is 0 Å². The number of nitrogens with two attached hydrogens (primary N) is 1. The quantitative estimate of drug-likeness (QED) is 0.879. The van der Waals surface area contributed by atoms with Gasteiger partial charge in [0.15, 0.2) is 0 Å². The van der Waals surface area contributed by atoms with Crippen molar-refractivity contribution in [2.24, 2.45) is 5.73 Å². The summed E-state index contributed by atoms with van der Waals surface area (Å²) in [5.74, 6) is -0.546. The average Bonchev–Trinajstić information content (AvgIpc) is 2.15. The van der Waals surface area contributed by atoms with E-state index in [0.717, 1.165) is 5.56 Å². The van der Waals surface area contributed by atoms with Crippen LogP contribution in [0.1, 0.15) is 12.5 Å². The van der Waals surface area contributed by atoms with Gasteiger partial charge in [0, 0.05) is 11.0 Å². The van der Waals surface area contributed by atoms with Gasteiger partial charge >= 0.3 is 0 Å². The molecule has 0 aliphatic heterocycles. The minimum Gasteiger partial charge on any atom is -0.351 e. The van der Waals surface area contributed by atoms with Gasteiger partial charge in [0.1, 0.15) is 5.82 Å². The van der Waals surface area contributed by atoms with E-state index in [-0.39, 0.29) is 11.7 Å². The van der Waals surface area contributed by atoms with Crippen LogP contribution in [0.4, 0.5) is 4.39 Å². The summed E-state index contributed by atoms with van der Waals surface area (Å²) in [4.78, 5) is 11.2. The van der Waals surface area contributed by atoms with Crippen LogP contribution < -0.4 is 11.1 Å². The molecule has 1 aromatic carbocycles. The molecule has 1 amide bonds. The molecule has 3 N–H and O–H groups in total. The van der Waals surface area contributed by atoms with Crippen molar-refractivity contribution in [3.63, 3.8) is 0 Å². The van der Waals surface area contributed by atoms with Gasteiger partial charge in [-0.3, -0.25) is 4.79 Å². The van der Waals surface area contributed by atoms with Gasteiger partial charge in [-0.2, -0.15) is 0 Å². The van der Waals surface area contributed by atoms with Gasteiger partial charge in [0.05, 0.1) is 6.04 Å². The Bertz CT molecular complexity index is 368. The molecule has 1 aromatic rings. The third-order valence-electron chi connectivity index (χ3n) is 1.88. The van der Waals surface area contributed by atoms with Crippen molar-refractivity contribution in [2.45, 2.75) is 19.5 Å². The van der Waals surface area contributed by atoms with E-state index in [1.54, 1.807) is 13.0 Å². The Labute approximate surface area is 96.0 Å². The number of halogens is 2. The lowest BCUT2D eigenvalue weighted by Crippen LogP contribution is -2.37. The molecule has 0 saturated heterocycles. The second-order valence-corrected chi connectivity index (χ2v) is 4.10. The van der Waals surface area contributed by atoms with Crippen LogP contribution in [0.5, 0.6) is 0 Å². The van der Waals surface area contributed by atoms with Crippen molar-refractivity contribution in [1.82, 2.24) is 5.32 Å². The van der Waals surface area contributed by atoms with Gasteiger partial charge in [-0.15, -0.1) is 0 Å². The monoisotopic (exact) mass is 274 g/mol. The maximum absolute atomic E-state index is 12.7. The predicted molar refractivity (Wildman–Crippen MR) is 59.6 cm³/mol. The Kier molecular flexibility index (Phi) is 4.23. The van der Waals surface area contributed by atoms with E-state index in [0.29, 0.717) is 11.0 Å². The summed E-state index contributed by atoms with van der Waals surface area (Å²) >= 11 is 3.21. The highest BCUT2D eigenvalue weighted by molar-refractivity contribution is 9.10. The van der Waals surface area contributed by atoms with E-state index in [2.05, 4.69) is 21.2 Å². The molecule has 15 heavy (non-hydrogen) atoms. The zero-order valence-corrected chi connectivity index (χ0v) is 9.84. The molecule has 3 nitrogen and oxygen atoms in total. The fourth-order valence-electron chi connectivity index (χ4n) is 1.01. The van der Waals surface area contributed by atoms with Gasteiger partial charge in [0.2, 0.25) is 5.91 Å². The number of hydrogen-bond donors (Lipinski definition) is 2. The van der Waals surface area contributed by atoms with Crippen LogP contribution >= 0.6 is 15.9 Å². The minimum atomic E-state index is -0.538. The molecule has 1 atom stereocenters. The van der Waals surface area contributed by atoms with Crippen molar-refractivity contribution in [3.05, 3.63) is 34.1 Å². The van der Waals surface area contributed by atoms with Crippen LogP contribution in [0.2, 0.25) is 0 Å². The second-order valence-electron chi connectivity index (χ2n) is 3.24. The molecule has 0 fully saturated rings. The molecule has 1 rings (SSSR count). The van der Waals surface area contributed by atoms with Crippen molar-refractivity contribution < 1.29 is 9.18 Å². The summed E-state index contributed by atoms with van der Waals surface area (Å²) in [6, 6.07) is 3.77. The number of benzene rings is 1. The van der Waals surface area contributed by atoms with Crippen LogP contribution in [-0.2, 0) is 11.3 Å². The largest absolute Gasteiger partial charge is 0.351 e. The Hall–Kier alpha value is -0.940. The summed E-state index contributed by atoms with van der Waals surface area (Å²) in [6.45, 7) is 1.94. The molecule has 0 aromatic heterocycles. The van der Waals surface area contributed by atoms with Crippen LogP contribution in [0, 0.1) is 5.82 Å². The molecular weight excluding hydrogens is 263 g/mol. The summed E-state index contributed by atoms with van der Waals surface area (Å²) < 4.78 is 13.4. The Balaban J connectivity index is 2.62. The minimum absolute atomic E-state index is 0.230. The van der Waals surface area contributed by atoms with E-state index in [4.69, 9.17) is 5.73 Å². The van der Waals surface area contributed by atoms with Gasteiger partial charge in [0.25, 0.3) is 0 Å². The van der Waals surface area contributed by atoms with Crippen LogP contribution in [0.25, 0.3) is 0 Å². The highest BCUT2D eigenvalue weighted by Crippen LogP contribution is 2.17. The third-order valence-corrected chi connectivity index (χ3v) is 2.62. The van der Waals surface area contributed by atoms with Gasteiger partial charge in [-0.1, -0.05) is 22.0 Å². The molecule has 0 spiro atoms. The van der Waals surface area contributed by atoms with Gasteiger partial charge in [-0.05, 0) is 24.6 Å². The van der Waals surface area contributed by atoms with Crippen LogP contribution in [0.3, 0.4) is 0 Å². The normalized spacial score (nSPS) is 12.3. The maximum atomic E-state index is 12.7. The van der Waals surface area contributed by atoms with E-state index >= 15 is 0 Å². The van der Waals surface area contributed by atoms with Gasteiger partial charge < -0.3 is 11.1 Å². The Morgan fingerprint density at radius 3 is 2.87 bits per heavy atom. The SMILES string of the molecule is C[C@H](N)C(=O)NCc1ccc(F)cc1Br. The Morgan fingerprint density at radius 2 is 2.33 bits per heavy atom. The van der Waals surface area contributed by atoms with Crippen LogP contribution in [0.15, 0.2) is 22.7 Å². The molecule has 0 aliphatic rings. The van der Waals surface area contributed by atoms with Crippen molar-refractivity contribution in [3.8, 4) is 0 Å². The molecule has 0 saturated carbocycles. The summed E-state index contributed by atoms with van der Waals surface area (Å²) in [5.41, 5.74) is 6.19. The first-order valence-corrected chi connectivity index (χ1v) is 5.27. The fourth-order valence-corrected chi connectivity index (χ4v) is 1.50. The molecular formula is C10H12BrFN2O. The third kappa shape index (κ3) is 3.60. The highest BCUT2D eigenvalue weighted by Gasteiger charge is 2.07. The number of rotatable bonds is 3. The molecule has 0 aliphatic carbocycles. The van der Waals surface area contributed by atoms with E-state index in [1.807, 2.05) is 0 Å². The smallest absolute Gasteiger partial charge is 0.236 e. The highest BCUT2D eigenvalue weighted by atomic mass is 79.9. The molecule has 0 radical (unpaired) electrons. The maximum Gasteiger partial charge on any atom is 0.236 e. The Morgan fingerprint density at radius 1 is 1.67 bits per heavy atom. The number of nitrogens with one attached hydrogen (secondary N) is 1. The predicted octanol–water partition coefficient (Wildman–Crippen LogP) is 1.55. The van der Waals surface area contributed by atoms with E-state index in [9.17, 15) is 9.18 Å². The van der Waals surface area contributed by atoms with Crippen LogP contribution in [-0.4, -0.2) is 11.9 Å². The molecule has 82 valence electrons. The molecule has 0 bridgehead atoms. The first-order valence-electron chi connectivity index (χ1n) is 4.48. The molecule has 5 heteroatoms. The fraction of sp³-hybridized carbons (Fsp3) is 0.300. The van der Waals surface area contributed by atoms with Gasteiger partial charge in [-0.25, -0.2) is 4.39 Å². The van der Waals surface area contributed by atoms with E-state index < -0.39 is 6.04 Å². The lowest BCUT2D eigenvalue weighted by Gasteiger charge is -2.09. The number of amides is 1. The number of carbonyl (C=O) groups is 1. The standard InChI is InChI=1S/C10H12BrFN2O/c1-6(13)10(15)14-5-7-2-3-8(12)4-9(7)11/h2-4,6H,5,13H2,1H3,(H,14,15)/t6-/m0/s1. The summed E-state index contributed by atoms with van der Waals surface area (Å²) in [7, 11) is 0. The van der Waals surface area contributed by atoms with Crippen molar-refractivity contribution in [2.75, 3.05) is 0 Å². The first kappa shape index (κ1) is 12.1. The zero-order valence-electron chi connectivity index (χ0n) is 8.26. The lowest BCUT2D eigenvalue weighted by molar-refractivity contribution is -0.122. The summed E-state index contributed by atoms with van der Waals surface area (Å²) in [5, 5.41) is 2.64. The number of hydrogen-bond acceptors (Lipinski definition) is 2. The molecule has 0 unspecified atom stereocenters. The average molecular weight is 275 g/mol. The second kappa shape index (κ2) is 5.23. The summed E-state index contributed by atoms with van der Waals surface area (Å²) in [6.07, 6.45) is 0. The lowest BCUT2D eigenvalue weighted by atomic mass is 10.2. The van der Waals surface area contributed by atoms with E-state index in [1.165, 1.54) is 12.1 Å². The number of carbonyl (C=O) groups excluding carboxylic acids is 1. The first-order chi connectivity index (χ1) is 7.00. The topological polar surface area (TPSA) is 55.1 Å². The molecule has 0 heterocycles. The zero-order chi connectivity index (χ0) is 11.4.